The van der Waals surface area contributed by atoms with Crippen molar-refractivity contribution in [1.82, 2.24) is 25.8 Å². The van der Waals surface area contributed by atoms with Crippen LogP contribution in [0.25, 0.3) is 10.9 Å². The van der Waals surface area contributed by atoms with Crippen molar-refractivity contribution >= 4 is 40.5 Å². The fraction of sp³-hybridized carbons (Fsp3) is 0.581. The van der Waals surface area contributed by atoms with E-state index in [9.17, 15) is 29.1 Å². The van der Waals surface area contributed by atoms with Crippen LogP contribution in [0.4, 0.5) is 0 Å². The third-order valence-electron chi connectivity index (χ3n) is 8.14. The molecule has 4 amide bonds. The predicted molar refractivity (Wildman–Crippen MR) is 163 cm³/mol. The summed E-state index contributed by atoms with van der Waals surface area (Å²) in [5, 5.41) is 18.4. The number of carbonyl (C=O) groups is 5. The van der Waals surface area contributed by atoms with Crippen LogP contribution < -0.4 is 21.7 Å². The Kier molecular flexibility index (Phi) is 11.7. The largest absolute Gasteiger partial charge is 0.480 e. The van der Waals surface area contributed by atoms with Crippen LogP contribution in [0.15, 0.2) is 30.5 Å². The molecular formula is C31H46N6O6. The molecule has 43 heavy (non-hydrogen) atoms. The molecule has 1 aromatic heterocycles. The number of H-pyrrole nitrogens is 1. The van der Waals surface area contributed by atoms with Crippen LogP contribution in [-0.2, 0) is 30.4 Å². The number of amides is 4. The number of aromatic nitrogens is 1. The van der Waals surface area contributed by atoms with Crippen molar-refractivity contribution in [3.05, 3.63) is 36.0 Å². The Morgan fingerprint density at radius 3 is 2.40 bits per heavy atom. The molecule has 0 saturated carbocycles. The Morgan fingerprint density at radius 1 is 1.05 bits per heavy atom. The van der Waals surface area contributed by atoms with Gasteiger partial charge in [-0.05, 0) is 56.1 Å². The molecule has 1 aromatic carbocycles. The second kappa shape index (κ2) is 15.0. The number of aromatic amines is 1. The zero-order chi connectivity index (χ0) is 31.8. The SMILES string of the molecule is CC[C@H](C)[C@H](NC(=O)[C@H](C)NC(=O)[C@@H]1CCCN1C(=O)[C@@H](N)Cc1c[nH]c2ccccc12)C(=O)N[C@@H](CC(C)C)C(=O)O. The van der Waals surface area contributed by atoms with E-state index < -0.39 is 53.9 Å². The highest BCUT2D eigenvalue weighted by Gasteiger charge is 2.38. The van der Waals surface area contributed by atoms with Gasteiger partial charge in [0.2, 0.25) is 23.6 Å². The van der Waals surface area contributed by atoms with E-state index in [-0.39, 0.29) is 24.2 Å². The van der Waals surface area contributed by atoms with Gasteiger partial charge in [0, 0.05) is 23.6 Å². The average Bonchev–Trinajstić information content (AvgIpc) is 3.62. The molecule has 1 saturated heterocycles. The number of hydrogen-bond donors (Lipinski definition) is 6. The Labute approximate surface area is 252 Å². The molecule has 1 aliphatic rings. The molecule has 12 heteroatoms. The van der Waals surface area contributed by atoms with Gasteiger partial charge in [-0.25, -0.2) is 4.79 Å². The summed E-state index contributed by atoms with van der Waals surface area (Å²) < 4.78 is 0. The minimum absolute atomic E-state index is 0.0402. The number of nitrogens with zero attached hydrogens (tertiary/aromatic N) is 1. The van der Waals surface area contributed by atoms with Gasteiger partial charge in [-0.1, -0.05) is 52.3 Å². The second-order valence-corrected chi connectivity index (χ2v) is 12.0. The van der Waals surface area contributed by atoms with E-state index >= 15 is 0 Å². The molecule has 12 nitrogen and oxygen atoms in total. The van der Waals surface area contributed by atoms with Crippen molar-refractivity contribution in [2.45, 2.75) is 96.9 Å². The molecule has 1 fully saturated rings. The molecule has 0 spiro atoms. The number of aliphatic carboxylic acids is 1. The van der Waals surface area contributed by atoms with Gasteiger partial charge in [0.15, 0.2) is 0 Å². The molecule has 1 aliphatic heterocycles. The van der Waals surface area contributed by atoms with Crippen LogP contribution in [-0.4, -0.2) is 81.3 Å². The van der Waals surface area contributed by atoms with Gasteiger partial charge in [-0.2, -0.15) is 0 Å². The first-order chi connectivity index (χ1) is 20.3. The lowest BCUT2D eigenvalue weighted by Gasteiger charge is -2.29. The zero-order valence-electron chi connectivity index (χ0n) is 25.7. The maximum atomic E-state index is 13.3. The summed E-state index contributed by atoms with van der Waals surface area (Å²) >= 11 is 0. The number of carboxylic acids is 1. The predicted octanol–water partition coefficient (Wildman–Crippen LogP) is 1.68. The van der Waals surface area contributed by atoms with Crippen LogP contribution in [0, 0.1) is 11.8 Å². The van der Waals surface area contributed by atoms with E-state index in [1.54, 1.807) is 6.92 Å². The number of likely N-dealkylation sites (tertiary alicyclic amines) is 1. The minimum Gasteiger partial charge on any atom is -0.480 e. The fourth-order valence-corrected chi connectivity index (χ4v) is 5.45. The molecule has 7 N–H and O–H groups in total. The molecule has 2 aromatic rings. The highest BCUT2D eigenvalue weighted by molar-refractivity contribution is 5.95. The lowest BCUT2D eigenvalue weighted by molar-refractivity contribution is -0.143. The smallest absolute Gasteiger partial charge is 0.326 e. The summed E-state index contributed by atoms with van der Waals surface area (Å²) in [5.41, 5.74) is 8.19. The lowest BCUT2D eigenvalue weighted by atomic mass is 9.96. The number of benzene rings is 1. The van der Waals surface area contributed by atoms with E-state index in [0.717, 1.165) is 16.5 Å². The first-order valence-electron chi connectivity index (χ1n) is 15.1. The second-order valence-electron chi connectivity index (χ2n) is 12.0. The third-order valence-corrected chi connectivity index (χ3v) is 8.14. The first kappa shape index (κ1) is 33.6. The number of carboxylic acid groups (broad SMARTS) is 1. The zero-order valence-corrected chi connectivity index (χ0v) is 25.7. The summed E-state index contributed by atoms with van der Waals surface area (Å²) in [5.74, 6) is -3.38. The Bertz CT molecular complexity index is 1310. The molecule has 236 valence electrons. The summed E-state index contributed by atoms with van der Waals surface area (Å²) in [6, 6.07) is 3.07. The van der Waals surface area contributed by atoms with Crippen molar-refractivity contribution in [1.29, 1.82) is 0 Å². The van der Waals surface area contributed by atoms with E-state index in [1.807, 2.05) is 51.2 Å². The van der Waals surface area contributed by atoms with Gasteiger partial charge in [0.05, 0.1) is 6.04 Å². The summed E-state index contributed by atoms with van der Waals surface area (Å²) in [7, 11) is 0. The van der Waals surface area contributed by atoms with Gasteiger partial charge in [0.25, 0.3) is 0 Å². The number of rotatable bonds is 14. The number of carbonyl (C=O) groups excluding carboxylic acids is 4. The third kappa shape index (κ3) is 8.56. The van der Waals surface area contributed by atoms with E-state index in [2.05, 4.69) is 20.9 Å². The van der Waals surface area contributed by atoms with E-state index in [0.29, 0.717) is 32.2 Å². The highest BCUT2D eigenvalue weighted by atomic mass is 16.4. The number of hydrogen-bond acceptors (Lipinski definition) is 6. The molecule has 0 bridgehead atoms. The van der Waals surface area contributed by atoms with Crippen molar-refractivity contribution in [2.24, 2.45) is 17.6 Å². The average molecular weight is 599 g/mol. The van der Waals surface area contributed by atoms with Crippen LogP contribution >= 0.6 is 0 Å². The first-order valence-corrected chi connectivity index (χ1v) is 15.1. The molecular weight excluding hydrogens is 552 g/mol. The minimum atomic E-state index is -1.14. The van der Waals surface area contributed by atoms with Gasteiger partial charge >= 0.3 is 5.97 Å². The Morgan fingerprint density at radius 2 is 1.74 bits per heavy atom. The molecule has 0 unspecified atom stereocenters. The molecule has 0 radical (unpaired) electrons. The number of nitrogens with one attached hydrogen (secondary N) is 4. The van der Waals surface area contributed by atoms with E-state index in [4.69, 9.17) is 5.73 Å². The fourth-order valence-electron chi connectivity index (χ4n) is 5.45. The van der Waals surface area contributed by atoms with Gasteiger partial charge < -0.3 is 36.7 Å². The van der Waals surface area contributed by atoms with Crippen molar-refractivity contribution in [3.63, 3.8) is 0 Å². The van der Waals surface area contributed by atoms with Crippen molar-refractivity contribution in [3.8, 4) is 0 Å². The van der Waals surface area contributed by atoms with E-state index in [1.165, 1.54) is 11.8 Å². The van der Waals surface area contributed by atoms with Crippen LogP contribution in [0.3, 0.4) is 0 Å². The number of nitrogens with two attached hydrogens (primary N) is 1. The molecule has 0 aliphatic carbocycles. The number of para-hydroxylation sites is 1. The number of fused-ring (bicyclic) bond motifs is 1. The van der Waals surface area contributed by atoms with Gasteiger partial charge in [0.1, 0.15) is 24.2 Å². The van der Waals surface area contributed by atoms with Crippen LogP contribution in [0.5, 0.6) is 0 Å². The van der Waals surface area contributed by atoms with Gasteiger partial charge in [-0.15, -0.1) is 0 Å². The molecule has 2 heterocycles. The standard InChI is InChI=1S/C31H46N6O6/c1-6-18(4)26(29(40)35-24(31(42)43)14-17(2)3)36-27(38)19(5)34-28(39)25-12-9-13-37(25)30(41)22(32)15-20-16-33-23-11-8-7-10-21(20)23/h7-8,10-11,16-19,22,24-26,33H,6,9,12-15,32H2,1-5H3,(H,34,39)(H,35,40)(H,36,38)(H,42,43)/t18-,19-,22-,24-,25-,26-/m0/s1. The summed E-state index contributed by atoms with van der Waals surface area (Å²) in [6.45, 7) is 9.25. The lowest BCUT2D eigenvalue weighted by Crippen LogP contribution is -2.58. The molecule has 6 atom stereocenters. The maximum Gasteiger partial charge on any atom is 0.326 e. The summed E-state index contributed by atoms with van der Waals surface area (Å²) in [6.07, 6.45) is 4.02. The summed E-state index contributed by atoms with van der Waals surface area (Å²) in [4.78, 5) is 69.1. The topological polar surface area (TPSA) is 187 Å². The highest BCUT2D eigenvalue weighted by Crippen LogP contribution is 2.22. The molecule has 3 rings (SSSR count). The monoisotopic (exact) mass is 598 g/mol. The maximum absolute atomic E-state index is 13.3. The Balaban J connectivity index is 1.61. The normalized spacial score (nSPS) is 18.5. The Hall–Kier alpha value is -3.93. The quantitative estimate of drug-likeness (QED) is 0.191. The van der Waals surface area contributed by atoms with Crippen LogP contribution in [0.2, 0.25) is 0 Å². The van der Waals surface area contributed by atoms with Crippen LogP contribution in [0.1, 0.15) is 65.9 Å². The van der Waals surface area contributed by atoms with Gasteiger partial charge in [-0.3, -0.25) is 19.2 Å². The van der Waals surface area contributed by atoms with Crippen molar-refractivity contribution < 1.29 is 29.1 Å². The van der Waals surface area contributed by atoms with Crippen molar-refractivity contribution in [2.75, 3.05) is 6.54 Å².